The number of nitrogens with one attached hydrogen (secondary N) is 1. The molecule has 0 aliphatic heterocycles. The van der Waals surface area contributed by atoms with Crippen LogP contribution in [-0.2, 0) is 0 Å². The SMILES string of the molecule is CC(Nc1cc(C(=O)O)ccc1F)C1CCCC1. The summed E-state index contributed by atoms with van der Waals surface area (Å²) in [7, 11) is 0. The van der Waals surface area contributed by atoms with Crippen molar-refractivity contribution in [3.63, 3.8) is 0 Å². The van der Waals surface area contributed by atoms with E-state index in [0.29, 0.717) is 5.92 Å². The van der Waals surface area contributed by atoms with Gasteiger partial charge in [0.2, 0.25) is 0 Å². The predicted molar refractivity (Wildman–Crippen MR) is 68.4 cm³/mol. The lowest BCUT2D eigenvalue weighted by Gasteiger charge is -2.22. The van der Waals surface area contributed by atoms with Gasteiger partial charge in [0.15, 0.2) is 0 Å². The molecule has 1 saturated carbocycles. The Hall–Kier alpha value is -1.58. The van der Waals surface area contributed by atoms with Crippen molar-refractivity contribution in [2.75, 3.05) is 5.32 Å². The summed E-state index contributed by atoms with van der Waals surface area (Å²) in [5.41, 5.74) is 0.395. The van der Waals surface area contributed by atoms with Gasteiger partial charge in [-0.15, -0.1) is 0 Å². The van der Waals surface area contributed by atoms with Crippen LogP contribution in [0.5, 0.6) is 0 Å². The number of benzene rings is 1. The van der Waals surface area contributed by atoms with Crippen LogP contribution >= 0.6 is 0 Å². The van der Waals surface area contributed by atoms with Crippen LogP contribution in [0.3, 0.4) is 0 Å². The van der Waals surface area contributed by atoms with Gasteiger partial charge >= 0.3 is 5.97 Å². The number of carbonyl (C=O) groups is 1. The molecule has 0 bridgehead atoms. The summed E-state index contributed by atoms with van der Waals surface area (Å²) >= 11 is 0. The van der Waals surface area contributed by atoms with E-state index in [4.69, 9.17) is 5.11 Å². The first kappa shape index (κ1) is 12.9. The molecule has 0 saturated heterocycles. The lowest BCUT2D eigenvalue weighted by atomic mass is 9.99. The highest BCUT2D eigenvalue weighted by Gasteiger charge is 2.22. The average molecular weight is 251 g/mol. The Bertz CT molecular complexity index is 441. The molecule has 2 N–H and O–H groups in total. The van der Waals surface area contributed by atoms with Crippen LogP contribution in [0.2, 0.25) is 0 Å². The first-order chi connectivity index (χ1) is 8.58. The maximum atomic E-state index is 13.6. The number of anilines is 1. The summed E-state index contributed by atoms with van der Waals surface area (Å²) in [5, 5.41) is 12.0. The first-order valence-electron chi connectivity index (χ1n) is 6.37. The van der Waals surface area contributed by atoms with Gasteiger partial charge in [0, 0.05) is 6.04 Å². The van der Waals surface area contributed by atoms with Crippen molar-refractivity contribution in [3.8, 4) is 0 Å². The summed E-state index contributed by atoms with van der Waals surface area (Å²) in [6.45, 7) is 2.03. The molecule has 18 heavy (non-hydrogen) atoms. The second kappa shape index (κ2) is 5.38. The fourth-order valence-corrected chi connectivity index (χ4v) is 2.59. The Kier molecular flexibility index (Phi) is 3.84. The van der Waals surface area contributed by atoms with Gasteiger partial charge in [-0.2, -0.15) is 0 Å². The maximum absolute atomic E-state index is 13.6. The summed E-state index contributed by atoms with van der Waals surface area (Å²) in [5.74, 6) is -0.880. The summed E-state index contributed by atoms with van der Waals surface area (Å²) in [6.07, 6.45) is 4.78. The fourth-order valence-electron chi connectivity index (χ4n) is 2.59. The van der Waals surface area contributed by atoms with E-state index >= 15 is 0 Å². The first-order valence-corrected chi connectivity index (χ1v) is 6.37. The van der Waals surface area contributed by atoms with Gasteiger partial charge in [-0.25, -0.2) is 9.18 Å². The van der Waals surface area contributed by atoms with E-state index in [9.17, 15) is 9.18 Å². The monoisotopic (exact) mass is 251 g/mol. The van der Waals surface area contributed by atoms with E-state index in [1.807, 2.05) is 6.92 Å². The number of hydrogen-bond donors (Lipinski definition) is 2. The Balaban J connectivity index is 2.12. The molecule has 0 amide bonds. The minimum atomic E-state index is -1.04. The van der Waals surface area contributed by atoms with Crippen molar-refractivity contribution in [1.29, 1.82) is 0 Å². The topological polar surface area (TPSA) is 49.3 Å². The van der Waals surface area contributed by atoms with Gasteiger partial charge < -0.3 is 10.4 Å². The van der Waals surface area contributed by atoms with E-state index in [0.717, 1.165) is 12.8 Å². The zero-order valence-electron chi connectivity index (χ0n) is 10.4. The third-order valence-electron chi connectivity index (χ3n) is 3.70. The molecule has 3 nitrogen and oxygen atoms in total. The maximum Gasteiger partial charge on any atom is 0.335 e. The van der Waals surface area contributed by atoms with Crippen molar-refractivity contribution >= 4 is 11.7 Å². The quantitative estimate of drug-likeness (QED) is 0.860. The van der Waals surface area contributed by atoms with Crippen LogP contribution in [0.15, 0.2) is 18.2 Å². The highest BCUT2D eigenvalue weighted by molar-refractivity contribution is 5.88. The van der Waals surface area contributed by atoms with Gasteiger partial charge in [0.25, 0.3) is 0 Å². The number of rotatable bonds is 4. The molecule has 1 fully saturated rings. The van der Waals surface area contributed by atoms with Crippen molar-refractivity contribution in [3.05, 3.63) is 29.6 Å². The number of carboxylic acid groups (broad SMARTS) is 1. The predicted octanol–water partition coefficient (Wildman–Crippen LogP) is 3.51. The normalized spacial score (nSPS) is 17.7. The highest BCUT2D eigenvalue weighted by atomic mass is 19.1. The van der Waals surface area contributed by atoms with E-state index in [1.54, 1.807) is 0 Å². The van der Waals surface area contributed by atoms with Gasteiger partial charge in [-0.05, 0) is 43.9 Å². The molecular formula is C14H18FNO2. The minimum Gasteiger partial charge on any atom is -0.478 e. The molecule has 2 rings (SSSR count). The van der Waals surface area contributed by atoms with Gasteiger partial charge in [-0.1, -0.05) is 12.8 Å². The lowest BCUT2D eigenvalue weighted by molar-refractivity contribution is 0.0697. The van der Waals surface area contributed by atoms with Crippen LogP contribution in [0.4, 0.5) is 10.1 Å². The minimum absolute atomic E-state index is 0.109. The summed E-state index contributed by atoms with van der Waals surface area (Å²) < 4.78 is 13.6. The van der Waals surface area contributed by atoms with Crippen LogP contribution in [0.1, 0.15) is 43.0 Å². The molecule has 1 aliphatic carbocycles. The van der Waals surface area contributed by atoms with Gasteiger partial charge in [0.1, 0.15) is 5.82 Å². The Morgan fingerprint density at radius 3 is 2.72 bits per heavy atom. The van der Waals surface area contributed by atoms with Crippen LogP contribution in [-0.4, -0.2) is 17.1 Å². The van der Waals surface area contributed by atoms with Crippen molar-refractivity contribution in [1.82, 2.24) is 0 Å². The summed E-state index contributed by atoms with van der Waals surface area (Å²) in [6, 6.07) is 4.02. The Morgan fingerprint density at radius 1 is 1.44 bits per heavy atom. The molecule has 1 unspecified atom stereocenters. The molecule has 98 valence electrons. The van der Waals surface area contributed by atoms with Crippen LogP contribution in [0, 0.1) is 11.7 Å². The fraction of sp³-hybridized carbons (Fsp3) is 0.500. The Labute approximate surface area is 106 Å². The summed E-state index contributed by atoms with van der Waals surface area (Å²) in [4.78, 5) is 10.9. The van der Waals surface area contributed by atoms with Crippen molar-refractivity contribution in [2.45, 2.75) is 38.6 Å². The molecule has 0 heterocycles. The number of halogens is 1. The van der Waals surface area contributed by atoms with E-state index in [2.05, 4.69) is 5.32 Å². The van der Waals surface area contributed by atoms with Gasteiger partial charge in [0.05, 0.1) is 11.3 Å². The van der Waals surface area contributed by atoms with E-state index in [1.165, 1.54) is 31.0 Å². The number of hydrogen-bond acceptors (Lipinski definition) is 2. The van der Waals surface area contributed by atoms with E-state index in [-0.39, 0.29) is 17.3 Å². The molecular weight excluding hydrogens is 233 g/mol. The van der Waals surface area contributed by atoms with Gasteiger partial charge in [-0.3, -0.25) is 0 Å². The molecule has 1 atom stereocenters. The lowest BCUT2D eigenvalue weighted by Crippen LogP contribution is -2.24. The number of aromatic carboxylic acids is 1. The second-order valence-corrected chi connectivity index (χ2v) is 4.98. The van der Waals surface area contributed by atoms with Crippen molar-refractivity contribution < 1.29 is 14.3 Å². The molecule has 0 spiro atoms. The van der Waals surface area contributed by atoms with Crippen molar-refractivity contribution in [2.24, 2.45) is 5.92 Å². The van der Waals surface area contributed by atoms with Crippen LogP contribution in [0.25, 0.3) is 0 Å². The second-order valence-electron chi connectivity index (χ2n) is 4.98. The highest BCUT2D eigenvalue weighted by Crippen LogP contribution is 2.29. The zero-order valence-corrected chi connectivity index (χ0v) is 10.4. The smallest absolute Gasteiger partial charge is 0.335 e. The van der Waals surface area contributed by atoms with E-state index < -0.39 is 11.8 Å². The molecule has 1 aromatic rings. The largest absolute Gasteiger partial charge is 0.478 e. The molecule has 4 heteroatoms. The molecule has 0 radical (unpaired) electrons. The molecule has 1 aromatic carbocycles. The van der Waals surface area contributed by atoms with Crippen LogP contribution < -0.4 is 5.32 Å². The Morgan fingerprint density at radius 2 is 2.11 bits per heavy atom. The third kappa shape index (κ3) is 2.81. The zero-order chi connectivity index (χ0) is 13.1. The standard InChI is InChI=1S/C14H18FNO2/c1-9(10-4-2-3-5-10)16-13-8-11(14(17)18)6-7-12(13)15/h6-10,16H,2-5H2,1H3,(H,17,18). The number of carboxylic acids is 1. The molecule has 1 aliphatic rings. The molecule has 0 aromatic heterocycles. The third-order valence-corrected chi connectivity index (χ3v) is 3.70. The average Bonchev–Trinajstić information content (AvgIpc) is 2.85.